The van der Waals surface area contributed by atoms with Crippen LogP contribution in [0.1, 0.15) is 26.7 Å². The average molecular weight is 398 g/mol. The molecule has 7 N–H and O–H groups in total. The Bertz CT molecular complexity index is 647. The highest BCUT2D eigenvalue weighted by Gasteiger charge is 2.35. The summed E-state index contributed by atoms with van der Waals surface area (Å²) in [7, 11) is 0. The van der Waals surface area contributed by atoms with Crippen LogP contribution < -0.4 is 22.1 Å². The van der Waals surface area contributed by atoms with Crippen LogP contribution in [0.4, 0.5) is 0 Å². The van der Waals surface area contributed by atoms with Crippen molar-refractivity contribution in [2.24, 2.45) is 16.5 Å². The number of likely N-dealkylation sites (tertiary alicyclic amines) is 1. The van der Waals surface area contributed by atoms with Gasteiger partial charge in [0.25, 0.3) is 0 Å². The Balaban J connectivity index is 2.76. The van der Waals surface area contributed by atoms with Gasteiger partial charge in [-0.05, 0) is 19.8 Å². The summed E-state index contributed by atoms with van der Waals surface area (Å²) in [5, 5.41) is 14.7. The first-order valence-corrected chi connectivity index (χ1v) is 8.87. The van der Waals surface area contributed by atoms with Gasteiger partial charge in [-0.25, -0.2) is 9.79 Å². The lowest BCUT2D eigenvalue weighted by atomic mass is 10.1. The highest BCUT2D eigenvalue weighted by Crippen LogP contribution is 2.19. The Morgan fingerprint density at radius 1 is 1.37 bits per heavy atom. The second-order valence-corrected chi connectivity index (χ2v) is 6.57. The summed E-state index contributed by atoms with van der Waals surface area (Å²) < 4.78 is 0. The van der Waals surface area contributed by atoms with E-state index in [1.165, 1.54) is 19.1 Å². The zero-order chi connectivity index (χ0) is 20.6. The van der Waals surface area contributed by atoms with Gasteiger partial charge in [0.05, 0.1) is 17.6 Å². The van der Waals surface area contributed by atoms with E-state index in [1.54, 1.807) is 11.8 Å². The maximum absolute atomic E-state index is 12.5. The number of carbonyl (C=O) groups excluding carboxylic acids is 2. The number of amides is 2. The maximum atomic E-state index is 12.5. The highest BCUT2D eigenvalue weighted by atomic mass is 32.1. The number of nitrogens with zero attached hydrogens (tertiary/aromatic N) is 2. The van der Waals surface area contributed by atoms with Crippen molar-refractivity contribution in [3.63, 3.8) is 0 Å². The van der Waals surface area contributed by atoms with Gasteiger partial charge in [-0.15, -0.1) is 0 Å². The van der Waals surface area contributed by atoms with E-state index in [0.29, 0.717) is 13.0 Å². The molecule has 1 saturated heterocycles. The summed E-state index contributed by atoms with van der Waals surface area (Å²) in [6.45, 7) is 3.57. The molecule has 11 heteroatoms. The topological polar surface area (TPSA) is 163 Å². The minimum Gasteiger partial charge on any atom is -0.479 e. The number of hydrogen-bond acceptors (Lipinski definition) is 5. The minimum atomic E-state index is -1.12. The van der Waals surface area contributed by atoms with Crippen molar-refractivity contribution in [3.05, 3.63) is 12.2 Å². The number of rotatable bonds is 8. The van der Waals surface area contributed by atoms with E-state index in [4.69, 9.17) is 23.7 Å². The fourth-order valence-electron chi connectivity index (χ4n) is 2.72. The van der Waals surface area contributed by atoms with Gasteiger partial charge in [0, 0.05) is 13.5 Å². The van der Waals surface area contributed by atoms with Crippen molar-refractivity contribution in [2.45, 2.75) is 44.8 Å². The molecule has 1 fully saturated rings. The zero-order valence-electron chi connectivity index (χ0n) is 15.3. The van der Waals surface area contributed by atoms with E-state index in [9.17, 15) is 19.5 Å². The first kappa shape index (κ1) is 22.4. The van der Waals surface area contributed by atoms with Crippen LogP contribution in [-0.2, 0) is 14.4 Å². The van der Waals surface area contributed by atoms with E-state index in [-0.39, 0.29) is 29.3 Å². The molecule has 1 heterocycles. The van der Waals surface area contributed by atoms with Crippen LogP contribution >= 0.6 is 12.2 Å². The molecule has 27 heavy (non-hydrogen) atoms. The molecule has 0 spiro atoms. The third kappa shape index (κ3) is 7.21. The lowest BCUT2D eigenvalue weighted by molar-refractivity contribution is -0.137. The standard InChI is InChI=1S/C16H26N6O4S/c1-9(20-10(2)23)14(24)22-8-4-6-12(22)13(27)21-11(15(25)26)5-3-7-19-16(17)18/h3,5,9,11-12H,4,6-8H2,1-2H3,(H,20,23)(H,21,27)(H,25,26)(H4,17,18,19)/b5-3+. The van der Waals surface area contributed by atoms with Gasteiger partial charge in [0.2, 0.25) is 11.8 Å². The Morgan fingerprint density at radius 3 is 2.59 bits per heavy atom. The van der Waals surface area contributed by atoms with Crippen LogP contribution in [0.2, 0.25) is 0 Å². The molecule has 0 aliphatic carbocycles. The summed E-state index contributed by atoms with van der Waals surface area (Å²) in [6.07, 6.45) is 4.25. The van der Waals surface area contributed by atoms with Gasteiger partial charge in [0.1, 0.15) is 12.1 Å². The predicted octanol–water partition coefficient (Wildman–Crippen LogP) is -1.30. The Kier molecular flexibility index (Phi) is 8.66. The van der Waals surface area contributed by atoms with Crippen LogP contribution in [0.5, 0.6) is 0 Å². The molecule has 3 atom stereocenters. The van der Waals surface area contributed by atoms with Crippen molar-refractivity contribution < 1.29 is 19.5 Å². The molecule has 1 rings (SSSR count). The van der Waals surface area contributed by atoms with Crippen LogP contribution in [0.15, 0.2) is 17.1 Å². The van der Waals surface area contributed by atoms with Crippen molar-refractivity contribution in [1.29, 1.82) is 0 Å². The summed E-state index contributed by atoms with van der Waals surface area (Å²) >= 11 is 5.34. The third-order valence-electron chi connectivity index (χ3n) is 3.90. The number of carboxylic acid groups (broad SMARTS) is 1. The molecule has 150 valence electrons. The van der Waals surface area contributed by atoms with E-state index < -0.39 is 24.1 Å². The van der Waals surface area contributed by atoms with Crippen LogP contribution in [0.25, 0.3) is 0 Å². The molecule has 0 aromatic carbocycles. The van der Waals surface area contributed by atoms with Crippen LogP contribution in [0, 0.1) is 0 Å². The van der Waals surface area contributed by atoms with Crippen molar-refractivity contribution in [1.82, 2.24) is 15.5 Å². The monoisotopic (exact) mass is 398 g/mol. The molecule has 0 radical (unpaired) electrons. The summed E-state index contributed by atoms with van der Waals surface area (Å²) in [4.78, 5) is 40.7. The maximum Gasteiger partial charge on any atom is 0.330 e. The molecule has 10 nitrogen and oxygen atoms in total. The number of nitrogens with two attached hydrogens (primary N) is 2. The van der Waals surface area contributed by atoms with Gasteiger partial charge in [-0.2, -0.15) is 0 Å². The third-order valence-corrected chi connectivity index (χ3v) is 4.29. The van der Waals surface area contributed by atoms with Gasteiger partial charge in [-0.3, -0.25) is 9.59 Å². The van der Waals surface area contributed by atoms with E-state index in [2.05, 4.69) is 15.6 Å². The molecule has 0 saturated carbocycles. The van der Waals surface area contributed by atoms with Gasteiger partial charge in [-0.1, -0.05) is 24.4 Å². The van der Waals surface area contributed by atoms with Crippen molar-refractivity contribution in [2.75, 3.05) is 13.1 Å². The smallest absolute Gasteiger partial charge is 0.330 e. The molecule has 0 aromatic rings. The highest BCUT2D eigenvalue weighted by molar-refractivity contribution is 7.80. The van der Waals surface area contributed by atoms with Gasteiger partial charge < -0.3 is 32.1 Å². The van der Waals surface area contributed by atoms with E-state index >= 15 is 0 Å². The lowest BCUT2D eigenvalue weighted by Gasteiger charge is -2.29. The molecule has 3 unspecified atom stereocenters. The predicted molar refractivity (Wildman–Crippen MR) is 105 cm³/mol. The summed E-state index contributed by atoms with van der Waals surface area (Å²) in [5.41, 5.74) is 10.4. The van der Waals surface area contributed by atoms with Crippen LogP contribution in [0.3, 0.4) is 0 Å². The van der Waals surface area contributed by atoms with Crippen molar-refractivity contribution >= 4 is 40.9 Å². The first-order chi connectivity index (χ1) is 12.6. The summed E-state index contributed by atoms with van der Waals surface area (Å²) in [6, 6.07) is -2.17. The Labute approximate surface area is 163 Å². The first-order valence-electron chi connectivity index (χ1n) is 8.46. The molecule has 0 bridgehead atoms. The van der Waals surface area contributed by atoms with Crippen molar-refractivity contribution in [3.8, 4) is 0 Å². The Morgan fingerprint density at radius 2 is 2.04 bits per heavy atom. The Hall–Kier alpha value is -2.69. The van der Waals surface area contributed by atoms with E-state index in [1.807, 2.05) is 0 Å². The minimum absolute atomic E-state index is 0.0941. The molecular weight excluding hydrogens is 372 g/mol. The molecule has 2 amide bonds. The SMILES string of the molecule is CC(=O)NC(C)C(=O)N1CCCC1C(=S)NC(/C=C/CN=C(N)N)C(=O)O. The lowest BCUT2D eigenvalue weighted by Crippen LogP contribution is -2.53. The zero-order valence-corrected chi connectivity index (χ0v) is 16.2. The number of guanidine groups is 1. The number of carbonyl (C=O) groups is 3. The fraction of sp³-hybridized carbons (Fsp3) is 0.562. The van der Waals surface area contributed by atoms with Gasteiger partial charge >= 0.3 is 5.97 Å². The molecule has 1 aliphatic heterocycles. The number of aliphatic imine (C=N–C) groups is 1. The van der Waals surface area contributed by atoms with Crippen LogP contribution in [-0.4, -0.2) is 70.0 Å². The molecule has 0 aromatic heterocycles. The quantitative estimate of drug-likeness (QED) is 0.146. The number of hydrogen-bond donors (Lipinski definition) is 5. The fourth-order valence-corrected chi connectivity index (χ4v) is 3.09. The molecule has 1 aliphatic rings. The van der Waals surface area contributed by atoms with E-state index in [0.717, 1.165) is 6.42 Å². The largest absolute Gasteiger partial charge is 0.479 e. The number of aliphatic carboxylic acids is 1. The number of nitrogens with one attached hydrogen (secondary N) is 2. The molecular formula is C16H26N6O4S. The number of thiocarbonyl (C=S) groups is 1. The number of carboxylic acids is 1. The second kappa shape index (κ2) is 10.5. The summed E-state index contributed by atoms with van der Waals surface area (Å²) in [5.74, 6) is -1.78. The normalized spacial score (nSPS) is 18.6. The van der Waals surface area contributed by atoms with Gasteiger partial charge in [0.15, 0.2) is 5.96 Å². The average Bonchev–Trinajstić information content (AvgIpc) is 3.05. The second-order valence-electron chi connectivity index (χ2n) is 6.13.